The summed E-state index contributed by atoms with van der Waals surface area (Å²) in [5, 5.41) is 0. The van der Waals surface area contributed by atoms with E-state index in [1.807, 2.05) is 0 Å². The van der Waals surface area contributed by atoms with Crippen LogP contribution in [0.4, 0.5) is 5.82 Å². The van der Waals surface area contributed by atoms with Crippen molar-refractivity contribution < 1.29 is 23.1 Å². The third-order valence-corrected chi connectivity index (χ3v) is 5.89. The first-order valence-electron chi connectivity index (χ1n) is 9.60. The van der Waals surface area contributed by atoms with Crippen LogP contribution in [0.2, 0.25) is 0 Å². The molecule has 2 atom stereocenters. The molecule has 0 spiro atoms. The van der Waals surface area contributed by atoms with Crippen molar-refractivity contribution in [3.8, 4) is 0 Å². The Balaban J connectivity index is 2.12. The minimum atomic E-state index is -3.34. The Kier molecular flexibility index (Phi) is 9.34. The van der Waals surface area contributed by atoms with Gasteiger partial charge in [-0.1, -0.05) is 6.08 Å². The van der Waals surface area contributed by atoms with Crippen molar-refractivity contribution in [3.05, 3.63) is 34.6 Å². The predicted molar refractivity (Wildman–Crippen MR) is 106 cm³/mol. The molecule has 1 fully saturated rings. The summed E-state index contributed by atoms with van der Waals surface area (Å²) in [6, 6.07) is 1.55. The summed E-state index contributed by atoms with van der Waals surface area (Å²) in [4.78, 5) is 15.8. The number of aromatic nitrogens is 2. The Morgan fingerprint density at radius 2 is 2.14 bits per heavy atom. The lowest BCUT2D eigenvalue weighted by Crippen LogP contribution is -2.29. The van der Waals surface area contributed by atoms with Gasteiger partial charge in [-0.3, -0.25) is 9.13 Å². The molecule has 158 valence electrons. The van der Waals surface area contributed by atoms with Gasteiger partial charge in [0.05, 0.1) is 19.8 Å². The molecule has 1 aromatic heterocycles. The second-order valence-corrected chi connectivity index (χ2v) is 8.29. The molecule has 28 heavy (non-hydrogen) atoms. The zero-order valence-electron chi connectivity index (χ0n) is 16.5. The van der Waals surface area contributed by atoms with Gasteiger partial charge in [-0.25, -0.2) is 4.79 Å². The molecule has 9 nitrogen and oxygen atoms in total. The summed E-state index contributed by atoms with van der Waals surface area (Å²) < 4.78 is 36.2. The number of nitrogen functional groups attached to an aromatic ring is 1. The van der Waals surface area contributed by atoms with Gasteiger partial charge in [-0.15, -0.1) is 0 Å². The average molecular weight is 415 g/mol. The van der Waals surface area contributed by atoms with Gasteiger partial charge in [0.1, 0.15) is 5.82 Å². The van der Waals surface area contributed by atoms with Crippen LogP contribution in [0, 0.1) is 5.92 Å². The summed E-state index contributed by atoms with van der Waals surface area (Å²) in [6.07, 6.45) is 5.93. The van der Waals surface area contributed by atoms with Gasteiger partial charge in [-0.2, -0.15) is 4.98 Å². The summed E-state index contributed by atoms with van der Waals surface area (Å²) in [5.74, 6) is 1.34. The van der Waals surface area contributed by atoms with Crippen LogP contribution in [-0.4, -0.2) is 42.3 Å². The van der Waals surface area contributed by atoms with E-state index in [1.54, 1.807) is 32.2 Å². The highest BCUT2D eigenvalue weighted by molar-refractivity contribution is 7.57. The molecule has 2 N–H and O–H groups in total. The molecule has 0 unspecified atom stereocenters. The van der Waals surface area contributed by atoms with Crippen LogP contribution >= 0.6 is 7.60 Å². The molecule has 1 aromatic rings. The monoisotopic (exact) mass is 415 g/mol. The molecule has 10 heteroatoms. The fourth-order valence-corrected chi connectivity index (χ4v) is 4.21. The summed E-state index contributed by atoms with van der Waals surface area (Å²) >= 11 is 0. The van der Waals surface area contributed by atoms with Gasteiger partial charge in [0, 0.05) is 31.1 Å². The van der Waals surface area contributed by atoms with Crippen LogP contribution in [0.15, 0.2) is 29.0 Å². The molecule has 0 bridgehead atoms. The van der Waals surface area contributed by atoms with E-state index in [-0.39, 0.29) is 44.4 Å². The largest absolute Gasteiger partial charge is 0.383 e. The van der Waals surface area contributed by atoms with E-state index in [0.29, 0.717) is 6.61 Å². The van der Waals surface area contributed by atoms with Crippen LogP contribution in [0.3, 0.4) is 0 Å². The molecule has 1 saturated heterocycles. The smallest absolute Gasteiger partial charge is 0.353 e. The predicted octanol–water partition coefficient (Wildman–Crippen LogP) is 2.76. The van der Waals surface area contributed by atoms with E-state index < -0.39 is 13.3 Å². The topological polar surface area (TPSA) is 115 Å². The SMILES string of the molecule is CCOP(=O)(/C=C/[C@@H](CO[C@H]1CCCCO1)Cn1ccc(N)nc1=O)OCC. The van der Waals surface area contributed by atoms with Crippen molar-refractivity contribution in [2.75, 3.05) is 32.2 Å². The molecule has 0 radical (unpaired) electrons. The quantitative estimate of drug-likeness (QED) is 0.549. The van der Waals surface area contributed by atoms with E-state index in [9.17, 15) is 9.36 Å². The second-order valence-electron chi connectivity index (χ2n) is 6.39. The first-order chi connectivity index (χ1) is 13.5. The zero-order chi connectivity index (χ0) is 20.4. The van der Waals surface area contributed by atoms with Gasteiger partial charge in [-0.05, 0) is 39.2 Å². The molecule has 0 aromatic carbocycles. The lowest BCUT2D eigenvalue weighted by atomic mass is 10.1. The van der Waals surface area contributed by atoms with E-state index in [0.717, 1.165) is 19.3 Å². The Hall–Kier alpha value is -1.51. The summed E-state index contributed by atoms with van der Waals surface area (Å²) in [5.41, 5.74) is 5.09. The van der Waals surface area contributed by atoms with Crippen molar-refractivity contribution in [3.63, 3.8) is 0 Å². The second kappa shape index (κ2) is 11.5. The lowest BCUT2D eigenvalue weighted by Gasteiger charge is -2.25. The van der Waals surface area contributed by atoms with Gasteiger partial charge < -0.3 is 24.3 Å². The van der Waals surface area contributed by atoms with E-state index in [1.165, 1.54) is 10.4 Å². The average Bonchev–Trinajstić information content (AvgIpc) is 2.67. The van der Waals surface area contributed by atoms with Crippen molar-refractivity contribution in [2.24, 2.45) is 5.92 Å². The maximum Gasteiger partial charge on any atom is 0.353 e. The van der Waals surface area contributed by atoms with Crippen molar-refractivity contribution >= 4 is 13.4 Å². The van der Waals surface area contributed by atoms with Crippen LogP contribution in [0.1, 0.15) is 33.1 Å². The van der Waals surface area contributed by atoms with Crippen LogP contribution in [0.5, 0.6) is 0 Å². The van der Waals surface area contributed by atoms with Crippen LogP contribution < -0.4 is 11.4 Å². The maximum atomic E-state index is 12.7. The molecule has 1 aliphatic rings. The van der Waals surface area contributed by atoms with E-state index in [2.05, 4.69) is 4.98 Å². The molecule has 0 aliphatic carbocycles. The van der Waals surface area contributed by atoms with Gasteiger partial charge in [0.15, 0.2) is 6.29 Å². The maximum absolute atomic E-state index is 12.7. The Morgan fingerprint density at radius 1 is 1.39 bits per heavy atom. The Morgan fingerprint density at radius 3 is 2.75 bits per heavy atom. The minimum Gasteiger partial charge on any atom is -0.383 e. The highest BCUT2D eigenvalue weighted by Crippen LogP contribution is 2.49. The number of nitrogens with two attached hydrogens (primary N) is 1. The lowest BCUT2D eigenvalue weighted by molar-refractivity contribution is -0.167. The number of hydrogen-bond donors (Lipinski definition) is 1. The third kappa shape index (κ3) is 7.48. The summed E-state index contributed by atoms with van der Waals surface area (Å²) in [6.45, 7) is 5.28. The standard InChI is InChI=1S/C18H30N3O6P/c1-3-26-28(23,27-4-2)12-9-15(14-25-17-7-5-6-11-24-17)13-21-10-8-16(19)20-18(21)22/h8-10,12,15,17H,3-7,11,13-14H2,1-2H3,(H2,19,20,22)/b12-9+/t15-,17+/m1/s1. The van der Waals surface area contributed by atoms with Gasteiger partial charge in [0.25, 0.3) is 0 Å². The molecule has 0 saturated carbocycles. The molecular formula is C18H30N3O6P. The zero-order valence-corrected chi connectivity index (χ0v) is 17.4. The fraction of sp³-hybridized carbons (Fsp3) is 0.667. The van der Waals surface area contributed by atoms with E-state index >= 15 is 0 Å². The number of ether oxygens (including phenoxy) is 2. The normalized spacial score (nSPS) is 19.1. The minimum absolute atomic E-state index is 0.164. The first kappa shape index (κ1) is 22.8. The molecule has 0 amide bonds. The molecule has 2 rings (SSSR count). The van der Waals surface area contributed by atoms with Gasteiger partial charge in [0.2, 0.25) is 0 Å². The van der Waals surface area contributed by atoms with Crippen LogP contribution in [0.25, 0.3) is 0 Å². The Bertz CT molecular complexity index is 722. The number of anilines is 1. The van der Waals surface area contributed by atoms with Crippen molar-refractivity contribution in [2.45, 2.75) is 45.9 Å². The van der Waals surface area contributed by atoms with Crippen molar-refractivity contribution in [1.82, 2.24) is 9.55 Å². The third-order valence-electron chi connectivity index (χ3n) is 4.12. The molecule has 2 heterocycles. The molecular weight excluding hydrogens is 385 g/mol. The molecule has 1 aliphatic heterocycles. The van der Waals surface area contributed by atoms with Crippen molar-refractivity contribution in [1.29, 1.82) is 0 Å². The van der Waals surface area contributed by atoms with E-state index in [4.69, 9.17) is 24.3 Å². The summed E-state index contributed by atoms with van der Waals surface area (Å²) in [7, 11) is -3.34. The first-order valence-corrected chi connectivity index (χ1v) is 11.2. The fourth-order valence-electron chi connectivity index (χ4n) is 2.79. The number of rotatable bonds is 11. The highest BCUT2D eigenvalue weighted by Gasteiger charge is 2.21. The number of hydrogen-bond acceptors (Lipinski definition) is 8. The number of nitrogens with zero attached hydrogens (tertiary/aromatic N) is 2. The highest BCUT2D eigenvalue weighted by atomic mass is 31.2. The van der Waals surface area contributed by atoms with Gasteiger partial charge >= 0.3 is 13.3 Å². The Labute approximate surface area is 165 Å². The van der Waals surface area contributed by atoms with Crippen LogP contribution in [-0.2, 0) is 29.6 Å².